The highest BCUT2D eigenvalue weighted by molar-refractivity contribution is 9.10. The molecule has 0 amide bonds. The highest BCUT2D eigenvalue weighted by atomic mass is 79.9. The Morgan fingerprint density at radius 1 is 1.36 bits per heavy atom. The van der Waals surface area contributed by atoms with Gasteiger partial charge in [0.2, 0.25) is 0 Å². The summed E-state index contributed by atoms with van der Waals surface area (Å²) < 4.78 is 0.911. The lowest BCUT2D eigenvalue weighted by molar-refractivity contribution is 0.587. The molecule has 1 aromatic rings. The highest BCUT2D eigenvalue weighted by Gasteiger charge is 2.12. The third kappa shape index (κ3) is 2.07. The topological polar surface area (TPSA) is 28.2 Å². The van der Waals surface area contributed by atoms with Crippen molar-refractivity contribution in [1.82, 2.24) is 10.3 Å². The van der Waals surface area contributed by atoms with E-state index in [4.69, 9.17) is 0 Å². The van der Waals surface area contributed by atoms with Crippen molar-refractivity contribution < 1.29 is 0 Å². The molecule has 1 saturated heterocycles. The van der Waals surface area contributed by atoms with Crippen molar-refractivity contribution in [2.24, 2.45) is 0 Å². The predicted molar refractivity (Wildman–Crippen MR) is 61.8 cm³/mol. The van der Waals surface area contributed by atoms with Crippen molar-refractivity contribution >= 4 is 21.6 Å². The summed E-state index contributed by atoms with van der Waals surface area (Å²) in [5.74, 6) is 0. The summed E-state index contributed by atoms with van der Waals surface area (Å²) in [5, 5.41) is 3.34. The average molecular weight is 256 g/mol. The van der Waals surface area contributed by atoms with Crippen LogP contribution in [0.5, 0.6) is 0 Å². The molecule has 0 unspecified atom stereocenters. The molecule has 1 fully saturated rings. The molecule has 1 aliphatic rings. The quantitative estimate of drug-likeness (QED) is 0.773. The third-order valence-corrected chi connectivity index (χ3v) is 2.92. The maximum atomic E-state index is 4.40. The molecule has 0 radical (unpaired) electrons. The molecule has 0 aliphatic carbocycles. The molecule has 4 heteroatoms. The standard InChI is InChI=1S/C10H14BrN3/c1-8-9(2-3-10(11)13-8)14-6-4-12-5-7-14/h2-3,12H,4-7H2,1H3. The van der Waals surface area contributed by atoms with E-state index >= 15 is 0 Å². The van der Waals surface area contributed by atoms with Crippen LogP contribution in [0.1, 0.15) is 5.69 Å². The van der Waals surface area contributed by atoms with Crippen molar-refractivity contribution in [2.45, 2.75) is 6.92 Å². The lowest BCUT2D eigenvalue weighted by atomic mass is 10.2. The van der Waals surface area contributed by atoms with Gasteiger partial charge in [-0.15, -0.1) is 0 Å². The number of aromatic nitrogens is 1. The number of nitrogens with one attached hydrogen (secondary N) is 1. The Labute approximate surface area is 92.6 Å². The van der Waals surface area contributed by atoms with E-state index < -0.39 is 0 Å². The number of aryl methyl sites for hydroxylation is 1. The fraction of sp³-hybridized carbons (Fsp3) is 0.500. The van der Waals surface area contributed by atoms with Gasteiger partial charge in [-0.1, -0.05) is 0 Å². The molecule has 0 aromatic carbocycles. The Morgan fingerprint density at radius 2 is 2.07 bits per heavy atom. The van der Waals surface area contributed by atoms with E-state index in [0.29, 0.717) is 0 Å². The summed E-state index contributed by atoms with van der Waals surface area (Å²) in [5.41, 5.74) is 2.36. The molecule has 0 bridgehead atoms. The van der Waals surface area contributed by atoms with Crippen LogP contribution >= 0.6 is 15.9 Å². The van der Waals surface area contributed by atoms with Crippen molar-refractivity contribution in [3.63, 3.8) is 0 Å². The minimum absolute atomic E-state index is 0.911. The zero-order valence-corrected chi connectivity index (χ0v) is 9.84. The monoisotopic (exact) mass is 255 g/mol. The molecule has 14 heavy (non-hydrogen) atoms. The number of rotatable bonds is 1. The maximum Gasteiger partial charge on any atom is 0.106 e. The van der Waals surface area contributed by atoms with Gasteiger partial charge in [-0.05, 0) is 35.0 Å². The van der Waals surface area contributed by atoms with Crippen LogP contribution in [0.25, 0.3) is 0 Å². The van der Waals surface area contributed by atoms with Crippen LogP contribution < -0.4 is 10.2 Å². The fourth-order valence-electron chi connectivity index (χ4n) is 1.76. The van der Waals surface area contributed by atoms with Crippen LogP contribution in [0.3, 0.4) is 0 Å². The molecule has 1 aliphatic heterocycles. The zero-order chi connectivity index (χ0) is 9.97. The molecule has 2 heterocycles. The number of piperazine rings is 1. The van der Waals surface area contributed by atoms with Gasteiger partial charge in [-0.25, -0.2) is 4.98 Å². The molecule has 0 atom stereocenters. The van der Waals surface area contributed by atoms with Gasteiger partial charge in [-0.2, -0.15) is 0 Å². The Balaban J connectivity index is 2.22. The largest absolute Gasteiger partial charge is 0.368 e. The molecule has 0 spiro atoms. The highest BCUT2D eigenvalue weighted by Crippen LogP contribution is 2.20. The molecular weight excluding hydrogens is 242 g/mol. The van der Waals surface area contributed by atoms with Crippen LogP contribution in [0.15, 0.2) is 16.7 Å². The number of pyridine rings is 1. The second kappa shape index (κ2) is 4.28. The number of anilines is 1. The first-order chi connectivity index (χ1) is 6.77. The molecule has 1 N–H and O–H groups in total. The molecule has 0 saturated carbocycles. The first-order valence-electron chi connectivity index (χ1n) is 4.86. The van der Waals surface area contributed by atoms with Crippen LogP contribution in [0.4, 0.5) is 5.69 Å². The van der Waals surface area contributed by atoms with Gasteiger partial charge in [-0.3, -0.25) is 0 Å². The third-order valence-electron chi connectivity index (χ3n) is 2.48. The van der Waals surface area contributed by atoms with Crippen LogP contribution in [-0.2, 0) is 0 Å². The van der Waals surface area contributed by atoms with E-state index in [1.807, 2.05) is 6.07 Å². The Bertz CT molecular complexity index is 321. The van der Waals surface area contributed by atoms with Gasteiger partial charge >= 0.3 is 0 Å². The van der Waals surface area contributed by atoms with Crippen molar-refractivity contribution in [3.8, 4) is 0 Å². The van der Waals surface area contributed by atoms with Gasteiger partial charge in [0.05, 0.1) is 11.4 Å². The van der Waals surface area contributed by atoms with Gasteiger partial charge in [0.1, 0.15) is 4.60 Å². The van der Waals surface area contributed by atoms with E-state index in [1.54, 1.807) is 0 Å². The van der Waals surface area contributed by atoms with E-state index in [-0.39, 0.29) is 0 Å². The van der Waals surface area contributed by atoms with Crippen molar-refractivity contribution in [1.29, 1.82) is 0 Å². The second-order valence-electron chi connectivity index (χ2n) is 3.48. The minimum Gasteiger partial charge on any atom is -0.368 e. The zero-order valence-electron chi connectivity index (χ0n) is 8.26. The van der Waals surface area contributed by atoms with Crippen LogP contribution in [0, 0.1) is 6.92 Å². The first-order valence-corrected chi connectivity index (χ1v) is 5.65. The van der Waals surface area contributed by atoms with Gasteiger partial charge in [0, 0.05) is 26.2 Å². The second-order valence-corrected chi connectivity index (χ2v) is 4.29. The van der Waals surface area contributed by atoms with E-state index in [9.17, 15) is 0 Å². The average Bonchev–Trinajstić information content (AvgIpc) is 2.19. The maximum absolute atomic E-state index is 4.40. The smallest absolute Gasteiger partial charge is 0.106 e. The summed E-state index contributed by atoms with van der Waals surface area (Å²) >= 11 is 3.38. The summed E-state index contributed by atoms with van der Waals surface area (Å²) in [6, 6.07) is 4.14. The van der Waals surface area contributed by atoms with Crippen LogP contribution in [0.2, 0.25) is 0 Å². The summed E-state index contributed by atoms with van der Waals surface area (Å²) in [4.78, 5) is 6.78. The van der Waals surface area contributed by atoms with Crippen molar-refractivity contribution in [3.05, 3.63) is 22.4 Å². The SMILES string of the molecule is Cc1nc(Br)ccc1N1CCNCC1. The summed E-state index contributed by atoms with van der Waals surface area (Å²) in [6.45, 7) is 6.33. The predicted octanol–water partition coefficient (Wildman–Crippen LogP) is 1.56. The molecule has 76 valence electrons. The fourth-order valence-corrected chi connectivity index (χ4v) is 2.16. The molecule has 1 aromatic heterocycles. The summed E-state index contributed by atoms with van der Waals surface area (Å²) in [7, 11) is 0. The number of halogens is 1. The van der Waals surface area contributed by atoms with Gasteiger partial charge < -0.3 is 10.2 Å². The Morgan fingerprint density at radius 3 is 2.71 bits per heavy atom. The van der Waals surface area contributed by atoms with Gasteiger partial charge in [0.15, 0.2) is 0 Å². The lowest BCUT2D eigenvalue weighted by Gasteiger charge is -2.30. The van der Waals surface area contributed by atoms with Crippen LogP contribution in [-0.4, -0.2) is 31.2 Å². The van der Waals surface area contributed by atoms with E-state index in [2.05, 4.69) is 44.1 Å². The first kappa shape index (κ1) is 9.93. The number of hydrogen-bond acceptors (Lipinski definition) is 3. The normalized spacial score (nSPS) is 17.1. The Kier molecular flexibility index (Phi) is 3.03. The Hall–Kier alpha value is -0.610. The summed E-state index contributed by atoms with van der Waals surface area (Å²) in [6.07, 6.45) is 0. The molecular formula is C10H14BrN3. The molecule has 2 rings (SSSR count). The van der Waals surface area contributed by atoms with E-state index in [1.165, 1.54) is 5.69 Å². The lowest BCUT2D eigenvalue weighted by Crippen LogP contribution is -2.43. The minimum atomic E-state index is 0.911. The van der Waals surface area contributed by atoms with E-state index in [0.717, 1.165) is 36.5 Å². The molecule has 3 nitrogen and oxygen atoms in total. The number of hydrogen-bond donors (Lipinski definition) is 1. The van der Waals surface area contributed by atoms with Crippen molar-refractivity contribution in [2.75, 3.05) is 31.1 Å². The van der Waals surface area contributed by atoms with Gasteiger partial charge in [0.25, 0.3) is 0 Å². The number of nitrogens with zero attached hydrogens (tertiary/aromatic N) is 2.